The van der Waals surface area contributed by atoms with Crippen molar-refractivity contribution in [3.05, 3.63) is 35.4 Å². The van der Waals surface area contributed by atoms with E-state index in [-0.39, 0.29) is 6.10 Å². The van der Waals surface area contributed by atoms with Crippen molar-refractivity contribution in [3.63, 3.8) is 0 Å². The molecule has 0 spiro atoms. The van der Waals surface area contributed by atoms with Gasteiger partial charge in [0.2, 0.25) is 0 Å². The van der Waals surface area contributed by atoms with Gasteiger partial charge in [-0.25, -0.2) is 0 Å². The van der Waals surface area contributed by atoms with Gasteiger partial charge in [0.1, 0.15) is 0 Å². The van der Waals surface area contributed by atoms with Gasteiger partial charge in [-0.3, -0.25) is 0 Å². The third-order valence-electron chi connectivity index (χ3n) is 3.66. The molecule has 0 amide bonds. The molecule has 1 aliphatic carbocycles. The normalized spacial score (nSPS) is 17.8. The topological polar surface area (TPSA) is 21.3 Å². The van der Waals surface area contributed by atoms with Gasteiger partial charge in [-0.15, -0.1) is 0 Å². The van der Waals surface area contributed by atoms with Crippen LogP contribution in [0.1, 0.15) is 50.3 Å². The number of ether oxygens (including phenoxy) is 1. The lowest BCUT2D eigenvalue weighted by Crippen LogP contribution is -2.33. The van der Waals surface area contributed by atoms with Crippen LogP contribution < -0.4 is 5.32 Å². The first kappa shape index (κ1) is 13.6. The highest BCUT2D eigenvalue weighted by Crippen LogP contribution is 2.30. The summed E-state index contributed by atoms with van der Waals surface area (Å²) < 4.78 is 6.24. The molecule has 1 aliphatic rings. The Bertz CT molecular complexity index is 371. The molecule has 1 N–H and O–H groups in total. The second-order valence-electron chi connectivity index (χ2n) is 5.60. The Morgan fingerprint density at radius 3 is 2.56 bits per heavy atom. The first-order chi connectivity index (χ1) is 8.66. The number of aryl methyl sites for hydroxylation is 1. The standard InChI is InChI=1S/C16H25NO/c1-12(2)17-11-16(18-14-8-6-9-14)15-10-5-4-7-13(15)3/h4-5,7,10,12,14,16-17H,6,8-9,11H2,1-3H3. The Morgan fingerprint density at radius 2 is 2.00 bits per heavy atom. The van der Waals surface area contributed by atoms with E-state index in [1.165, 1.54) is 30.4 Å². The smallest absolute Gasteiger partial charge is 0.0955 e. The van der Waals surface area contributed by atoms with E-state index < -0.39 is 0 Å². The van der Waals surface area contributed by atoms with Crippen molar-refractivity contribution in [2.45, 2.75) is 58.3 Å². The summed E-state index contributed by atoms with van der Waals surface area (Å²) in [4.78, 5) is 0. The maximum atomic E-state index is 6.24. The van der Waals surface area contributed by atoms with Crippen LogP contribution in [0.15, 0.2) is 24.3 Å². The molecule has 2 heteroatoms. The minimum atomic E-state index is 0.193. The zero-order valence-electron chi connectivity index (χ0n) is 11.8. The van der Waals surface area contributed by atoms with Crippen LogP contribution in [0, 0.1) is 6.92 Å². The zero-order chi connectivity index (χ0) is 13.0. The molecule has 18 heavy (non-hydrogen) atoms. The van der Waals surface area contributed by atoms with Crippen LogP contribution in [0.3, 0.4) is 0 Å². The molecule has 0 aromatic heterocycles. The monoisotopic (exact) mass is 247 g/mol. The summed E-state index contributed by atoms with van der Waals surface area (Å²) >= 11 is 0. The average molecular weight is 247 g/mol. The van der Waals surface area contributed by atoms with E-state index in [1.54, 1.807) is 0 Å². The molecule has 0 radical (unpaired) electrons. The van der Waals surface area contributed by atoms with Crippen LogP contribution in [-0.2, 0) is 4.74 Å². The van der Waals surface area contributed by atoms with Gasteiger partial charge in [0.05, 0.1) is 12.2 Å². The maximum absolute atomic E-state index is 6.24. The Morgan fingerprint density at radius 1 is 1.28 bits per heavy atom. The van der Waals surface area contributed by atoms with E-state index >= 15 is 0 Å². The molecule has 1 aromatic carbocycles. The first-order valence-electron chi connectivity index (χ1n) is 7.11. The van der Waals surface area contributed by atoms with Crippen molar-refractivity contribution in [1.82, 2.24) is 5.32 Å². The van der Waals surface area contributed by atoms with E-state index in [2.05, 4.69) is 50.4 Å². The average Bonchev–Trinajstić information content (AvgIpc) is 2.28. The predicted molar refractivity (Wildman–Crippen MR) is 75.8 cm³/mol. The lowest BCUT2D eigenvalue weighted by Gasteiger charge is -2.32. The summed E-state index contributed by atoms with van der Waals surface area (Å²) in [6.07, 6.45) is 4.44. The Labute approximate surface area is 111 Å². The van der Waals surface area contributed by atoms with Crippen LogP contribution in [0.2, 0.25) is 0 Å². The highest BCUT2D eigenvalue weighted by molar-refractivity contribution is 5.28. The highest BCUT2D eigenvalue weighted by atomic mass is 16.5. The molecule has 1 aromatic rings. The number of hydrogen-bond acceptors (Lipinski definition) is 2. The summed E-state index contributed by atoms with van der Waals surface area (Å²) in [6, 6.07) is 9.06. The molecule has 0 aliphatic heterocycles. The van der Waals surface area contributed by atoms with E-state index in [4.69, 9.17) is 4.74 Å². The molecule has 0 heterocycles. The Hall–Kier alpha value is -0.860. The summed E-state index contributed by atoms with van der Waals surface area (Å²) in [5.74, 6) is 0. The van der Waals surface area contributed by atoms with E-state index in [1.807, 2.05) is 0 Å². The quantitative estimate of drug-likeness (QED) is 0.829. The summed E-state index contributed by atoms with van der Waals surface area (Å²) in [6.45, 7) is 7.43. The third kappa shape index (κ3) is 3.56. The molecule has 2 rings (SSSR count). The van der Waals surface area contributed by atoms with Crippen molar-refractivity contribution in [1.29, 1.82) is 0 Å². The lowest BCUT2D eigenvalue weighted by atomic mass is 9.95. The molecule has 1 fully saturated rings. The fourth-order valence-corrected chi connectivity index (χ4v) is 2.26. The van der Waals surface area contributed by atoms with Gasteiger partial charge in [0, 0.05) is 12.6 Å². The fraction of sp³-hybridized carbons (Fsp3) is 0.625. The van der Waals surface area contributed by atoms with Gasteiger partial charge in [-0.1, -0.05) is 38.1 Å². The van der Waals surface area contributed by atoms with Gasteiger partial charge in [0.15, 0.2) is 0 Å². The molecular weight excluding hydrogens is 222 g/mol. The Kier molecular flexibility index (Phi) is 4.79. The second kappa shape index (κ2) is 6.35. The van der Waals surface area contributed by atoms with E-state index in [0.29, 0.717) is 12.1 Å². The van der Waals surface area contributed by atoms with Gasteiger partial charge < -0.3 is 10.1 Å². The minimum absolute atomic E-state index is 0.193. The van der Waals surface area contributed by atoms with Crippen molar-refractivity contribution in [2.75, 3.05) is 6.54 Å². The van der Waals surface area contributed by atoms with Crippen molar-refractivity contribution >= 4 is 0 Å². The van der Waals surface area contributed by atoms with Gasteiger partial charge in [-0.2, -0.15) is 0 Å². The molecule has 0 bridgehead atoms. The number of benzene rings is 1. The molecule has 1 atom stereocenters. The third-order valence-corrected chi connectivity index (χ3v) is 3.66. The largest absolute Gasteiger partial charge is 0.369 e. The van der Waals surface area contributed by atoms with E-state index in [0.717, 1.165) is 6.54 Å². The van der Waals surface area contributed by atoms with Gasteiger partial charge in [0.25, 0.3) is 0 Å². The SMILES string of the molecule is Cc1ccccc1C(CNC(C)C)OC1CCC1. The fourth-order valence-electron chi connectivity index (χ4n) is 2.26. The molecular formula is C16H25NO. The molecule has 100 valence electrons. The number of nitrogens with one attached hydrogen (secondary N) is 1. The van der Waals surface area contributed by atoms with Crippen LogP contribution in [0.4, 0.5) is 0 Å². The summed E-state index contributed by atoms with van der Waals surface area (Å²) in [5, 5.41) is 3.50. The molecule has 2 nitrogen and oxygen atoms in total. The Balaban J connectivity index is 2.04. The number of hydrogen-bond donors (Lipinski definition) is 1. The van der Waals surface area contributed by atoms with E-state index in [9.17, 15) is 0 Å². The first-order valence-corrected chi connectivity index (χ1v) is 7.11. The van der Waals surface area contributed by atoms with Gasteiger partial charge >= 0.3 is 0 Å². The molecule has 1 saturated carbocycles. The van der Waals surface area contributed by atoms with Gasteiger partial charge in [-0.05, 0) is 37.3 Å². The predicted octanol–water partition coefficient (Wildman–Crippen LogP) is 3.60. The highest BCUT2D eigenvalue weighted by Gasteiger charge is 2.24. The maximum Gasteiger partial charge on any atom is 0.0955 e. The number of rotatable bonds is 6. The lowest BCUT2D eigenvalue weighted by molar-refractivity contribution is -0.0527. The van der Waals surface area contributed by atoms with Crippen molar-refractivity contribution in [3.8, 4) is 0 Å². The van der Waals surface area contributed by atoms with Crippen LogP contribution in [0.25, 0.3) is 0 Å². The minimum Gasteiger partial charge on any atom is -0.369 e. The van der Waals surface area contributed by atoms with Crippen molar-refractivity contribution < 1.29 is 4.74 Å². The van der Waals surface area contributed by atoms with Crippen molar-refractivity contribution in [2.24, 2.45) is 0 Å². The zero-order valence-corrected chi connectivity index (χ0v) is 11.8. The van der Waals surface area contributed by atoms with Crippen LogP contribution >= 0.6 is 0 Å². The molecule has 1 unspecified atom stereocenters. The second-order valence-corrected chi connectivity index (χ2v) is 5.60. The van der Waals surface area contributed by atoms with Crippen LogP contribution in [0.5, 0.6) is 0 Å². The summed E-state index contributed by atoms with van der Waals surface area (Å²) in [7, 11) is 0. The molecule has 0 saturated heterocycles. The summed E-state index contributed by atoms with van der Waals surface area (Å²) in [5.41, 5.74) is 2.66. The van der Waals surface area contributed by atoms with Crippen LogP contribution in [-0.4, -0.2) is 18.7 Å².